The van der Waals surface area contributed by atoms with E-state index < -0.39 is 0 Å². The first kappa shape index (κ1) is 12.5. The zero-order chi connectivity index (χ0) is 12.4. The molecule has 3 heteroatoms. The van der Waals surface area contributed by atoms with Crippen LogP contribution in [0.4, 0.5) is 0 Å². The van der Waals surface area contributed by atoms with E-state index in [1.807, 2.05) is 11.8 Å². The van der Waals surface area contributed by atoms with E-state index in [-0.39, 0.29) is 0 Å². The molecule has 0 aromatic carbocycles. The summed E-state index contributed by atoms with van der Waals surface area (Å²) in [6.45, 7) is 0.634. The topological polar surface area (TPSA) is 38.9 Å². The van der Waals surface area contributed by atoms with Gasteiger partial charge in [-0.3, -0.25) is 0 Å². The Morgan fingerprint density at radius 1 is 1.17 bits per heavy atom. The smallest absolute Gasteiger partial charge is 0.101 e. The van der Waals surface area contributed by atoms with Gasteiger partial charge in [-0.2, -0.15) is 0 Å². The minimum Gasteiger partial charge on any atom is -0.326 e. The number of aryl methyl sites for hydroxylation is 2. The number of nitrogens with two attached hydrogens (primary N) is 1. The van der Waals surface area contributed by atoms with Crippen LogP contribution < -0.4 is 5.73 Å². The summed E-state index contributed by atoms with van der Waals surface area (Å²) in [7, 11) is 0. The molecule has 98 valence electrons. The van der Waals surface area contributed by atoms with Gasteiger partial charge in [0.2, 0.25) is 0 Å². The molecule has 0 spiro atoms. The van der Waals surface area contributed by atoms with E-state index in [4.69, 9.17) is 10.7 Å². The average Bonchev–Trinajstić information content (AvgIpc) is 2.86. The molecule has 0 unspecified atom stereocenters. The third-order valence-electron chi connectivity index (χ3n) is 4.14. The molecule has 1 fully saturated rings. The van der Waals surface area contributed by atoms with Crippen molar-refractivity contribution in [2.75, 3.05) is 0 Å². The van der Waals surface area contributed by atoms with Gasteiger partial charge in [0, 0.05) is 17.5 Å². The molecule has 2 nitrogen and oxygen atoms in total. The molecule has 2 aliphatic rings. The third-order valence-corrected chi connectivity index (χ3v) is 5.52. The maximum absolute atomic E-state index is 5.90. The minimum absolute atomic E-state index is 0.634. The molecule has 0 amide bonds. The summed E-state index contributed by atoms with van der Waals surface area (Å²) in [4.78, 5) is 4.90. The Balaban J connectivity index is 1.81. The molecular weight excluding hydrogens is 240 g/mol. The predicted molar refractivity (Wildman–Crippen MR) is 76.9 cm³/mol. The summed E-state index contributed by atoms with van der Waals surface area (Å²) in [5.41, 5.74) is 9.95. The van der Waals surface area contributed by atoms with E-state index in [0.717, 1.165) is 5.25 Å². The summed E-state index contributed by atoms with van der Waals surface area (Å²) in [5, 5.41) is 2.00. The van der Waals surface area contributed by atoms with Crippen molar-refractivity contribution in [1.29, 1.82) is 0 Å². The van der Waals surface area contributed by atoms with Gasteiger partial charge in [0.1, 0.15) is 5.03 Å². The van der Waals surface area contributed by atoms with Gasteiger partial charge >= 0.3 is 0 Å². The normalized spacial score (nSPS) is 20.1. The van der Waals surface area contributed by atoms with Crippen LogP contribution in [0.1, 0.15) is 55.3 Å². The number of thioether (sulfide) groups is 1. The first-order valence-electron chi connectivity index (χ1n) is 7.25. The second-order valence-electron chi connectivity index (χ2n) is 5.49. The number of hydrogen-bond donors (Lipinski definition) is 1. The largest absolute Gasteiger partial charge is 0.326 e. The lowest BCUT2D eigenvalue weighted by atomic mass is 10.0. The van der Waals surface area contributed by atoms with Crippen molar-refractivity contribution in [1.82, 2.24) is 4.98 Å². The second-order valence-corrected chi connectivity index (χ2v) is 6.78. The van der Waals surface area contributed by atoms with Gasteiger partial charge in [-0.15, -0.1) is 11.8 Å². The Bertz CT molecular complexity index is 425. The van der Waals surface area contributed by atoms with Gasteiger partial charge < -0.3 is 5.73 Å². The fourth-order valence-corrected chi connectivity index (χ4v) is 4.43. The van der Waals surface area contributed by atoms with Crippen molar-refractivity contribution in [3.8, 4) is 0 Å². The molecule has 2 aliphatic carbocycles. The summed E-state index contributed by atoms with van der Waals surface area (Å²) in [6.07, 6.45) is 10.5. The highest BCUT2D eigenvalue weighted by Gasteiger charge is 2.20. The molecule has 1 heterocycles. The molecule has 0 aliphatic heterocycles. The van der Waals surface area contributed by atoms with Gasteiger partial charge in [-0.05, 0) is 43.2 Å². The zero-order valence-electron chi connectivity index (χ0n) is 11.0. The van der Waals surface area contributed by atoms with Crippen LogP contribution in [0.15, 0.2) is 11.1 Å². The molecule has 0 radical (unpaired) electrons. The average molecular weight is 262 g/mol. The minimum atomic E-state index is 0.634. The number of nitrogens with zero attached hydrogens (tertiary/aromatic N) is 1. The predicted octanol–water partition coefficient (Wildman–Crippen LogP) is 3.45. The Morgan fingerprint density at radius 3 is 2.78 bits per heavy atom. The highest BCUT2D eigenvalue weighted by molar-refractivity contribution is 7.99. The van der Waals surface area contributed by atoms with Gasteiger partial charge in [-0.1, -0.05) is 25.3 Å². The Morgan fingerprint density at radius 2 is 2.00 bits per heavy atom. The number of fused-ring (bicyclic) bond motifs is 1. The monoisotopic (exact) mass is 262 g/mol. The molecule has 1 aromatic rings. The fourth-order valence-electron chi connectivity index (χ4n) is 3.09. The van der Waals surface area contributed by atoms with Crippen LogP contribution in [0.2, 0.25) is 0 Å². The van der Waals surface area contributed by atoms with Gasteiger partial charge in [0.25, 0.3) is 0 Å². The van der Waals surface area contributed by atoms with Crippen molar-refractivity contribution < 1.29 is 0 Å². The van der Waals surface area contributed by atoms with Crippen LogP contribution in [0.25, 0.3) is 0 Å². The van der Waals surface area contributed by atoms with Crippen LogP contribution in [0, 0.1) is 0 Å². The fraction of sp³-hybridized carbons (Fsp3) is 0.667. The van der Waals surface area contributed by atoms with E-state index in [2.05, 4.69) is 6.07 Å². The molecular formula is C15H22N2S. The van der Waals surface area contributed by atoms with E-state index in [0.29, 0.717) is 6.54 Å². The Labute approximate surface area is 114 Å². The summed E-state index contributed by atoms with van der Waals surface area (Å²) < 4.78 is 0. The van der Waals surface area contributed by atoms with Crippen LogP contribution >= 0.6 is 11.8 Å². The summed E-state index contributed by atoms with van der Waals surface area (Å²) >= 11 is 1.99. The molecule has 0 atom stereocenters. The standard InChI is InChI=1S/C15H22N2S/c16-10-12-9-11-5-4-8-14(11)17-15(12)18-13-6-2-1-3-7-13/h9,13H,1-8,10,16H2. The van der Waals surface area contributed by atoms with E-state index >= 15 is 0 Å². The third kappa shape index (κ3) is 2.57. The molecule has 1 aromatic heterocycles. The number of aromatic nitrogens is 1. The highest BCUT2D eigenvalue weighted by Crippen LogP contribution is 2.36. The maximum atomic E-state index is 5.90. The SMILES string of the molecule is NCc1cc2c(nc1SC1CCCCC1)CCC2. The van der Waals surface area contributed by atoms with Crippen molar-refractivity contribution in [3.63, 3.8) is 0 Å². The lowest BCUT2D eigenvalue weighted by Crippen LogP contribution is -2.10. The Hall–Kier alpha value is -0.540. The van der Waals surface area contributed by atoms with Crippen molar-refractivity contribution in [2.45, 2.75) is 68.2 Å². The molecule has 0 saturated heterocycles. The van der Waals surface area contributed by atoms with Crippen molar-refractivity contribution >= 4 is 11.8 Å². The molecule has 3 rings (SSSR count). The van der Waals surface area contributed by atoms with Crippen molar-refractivity contribution in [2.24, 2.45) is 5.73 Å². The second kappa shape index (κ2) is 5.62. The van der Waals surface area contributed by atoms with E-state index in [1.165, 1.54) is 73.2 Å². The van der Waals surface area contributed by atoms with E-state index in [9.17, 15) is 0 Å². The quantitative estimate of drug-likeness (QED) is 0.906. The zero-order valence-corrected chi connectivity index (χ0v) is 11.8. The lowest BCUT2D eigenvalue weighted by molar-refractivity contribution is 0.515. The number of pyridine rings is 1. The van der Waals surface area contributed by atoms with Gasteiger partial charge in [0.15, 0.2) is 0 Å². The van der Waals surface area contributed by atoms with E-state index in [1.54, 1.807) is 0 Å². The van der Waals surface area contributed by atoms with Crippen LogP contribution in [0.3, 0.4) is 0 Å². The summed E-state index contributed by atoms with van der Waals surface area (Å²) in [6, 6.07) is 2.32. The molecule has 1 saturated carbocycles. The highest BCUT2D eigenvalue weighted by atomic mass is 32.2. The lowest BCUT2D eigenvalue weighted by Gasteiger charge is -2.22. The maximum Gasteiger partial charge on any atom is 0.101 e. The molecule has 2 N–H and O–H groups in total. The Kier molecular flexibility index (Phi) is 3.90. The number of rotatable bonds is 3. The van der Waals surface area contributed by atoms with Crippen LogP contribution in [0.5, 0.6) is 0 Å². The van der Waals surface area contributed by atoms with Crippen LogP contribution in [-0.4, -0.2) is 10.2 Å². The first-order chi connectivity index (χ1) is 8.86. The van der Waals surface area contributed by atoms with Gasteiger partial charge in [-0.25, -0.2) is 4.98 Å². The first-order valence-corrected chi connectivity index (χ1v) is 8.13. The van der Waals surface area contributed by atoms with Crippen LogP contribution in [-0.2, 0) is 19.4 Å². The molecule has 0 bridgehead atoms. The van der Waals surface area contributed by atoms with Crippen molar-refractivity contribution in [3.05, 3.63) is 22.9 Å². The van der Waals surface area contributed by atoms with Gasteiger partial charge in [0.05, 0.1) is 0 Å². The summed E-state index contributed by atoms with van der Waals surface area (Å²) in [5.74, 6) is 0. The molecule has 18 heavy (non-hydrogen) atoms. The number of hydrogen-bond acceptors (Lipinski definition) is 3.